The van der Waals surface area contributed by atoms with Crippen LogP contribution in [0.1, 0.15) is 11.1 Å². The third kappa shape index (κ3) is 3.41. The molecule has 0 amide bonds. The van der Waals surface area contributed by atoms with E-state index in [1.54, 1.807) is 36.4 Å². The van der Waals surface area contributed by atoms with Gasteiger partial charge in [0.05, 0.1) is 5.57 Å². The van der Waals surface area contributed by atoms with Gasteiger partial charge >= 0.3 is 0 Å². The van der Waals surface area contributed by atoms with E-state index in [4.69, 9.17) is 0 Å². The molecular formula is C16H11FO2. The number of allylic oxidation sites excluding steroid dienone is 2. The largest absolute Gasteiger partial charge is 0.508 e. The Labute approximate surface area is 110 Å². The Kier molecular flexibility index (Phi) is 3.91. The van der Waals surface area contributed by atoms with Crippen molar-refractivity contribution in [3.05, 3.63) is 71.6 Å². The van der Waals surface area contributed by atoms with E-state index in [1.165, 1.54) is 24.3 Å². The van der Waals surface area contributed by atoms with Crippen LogP contribution in [-0.2, 0) is 4.79 Å². The van der Waals surface area contributed by atoms with Gasteiger partial charge in [-0.1, -0.05) is 30.3 Å². The number of rotatable bonds is 3. The highest BCUT2D eigenvalue weighted by atomic mass is 19.1. The van der Waals surface area contributed by atoms with Crippen molar-refractivity contribution in [3.8, 4) is 5.75 Å². The van der Waals surface area contributed by atoms with Crippen molar-refractivity contribution in [1.29, 1.82) is 0 Å². The summed E-state index contributed by atoms with van der Waals surface area (Å²) in [6, 6.07) is 12.2. The van der Waals surface area contributed by atoms with Crippen molar-refractivity contribution in [2.24, 2.45) is 0 Å². The van der Waals surface area contributed by atoms with E-state index in [-0.39, 0.29) is 11.6 Å². The Hall–Kier alpha value is -2.64. The normalized spacial score (nSPS) is 10.4. The number of benzene rings is 2. The highest BCUT2D eigenvalue weighted by Crippen LogP contribution is 2.17. The van der Waals surface area contributed by atoms with E-state index in [2.05, 4.69) is 0 Å². The van der Waals surface area contributed by atoms with E-state index >= 15 is 0 Å². The number of hydrogen-bond acceptors (Lipinski definition) is 2. The number of aromatic hydroxyl groups is 1. The molecule has 0 aliphatic carbocycles. The van der Waals surface area contributed by atoms with Crippen molar-refractivity contribution >= 4 is 17.6 Å². The van der Waals surface area contributed by atoms with Gasteiger partial charge in [-0.05, 0) is 41.5 Å². The molecule has 94 valence electrons. The minimum Gasteiger partial charge on any atom is -0.508 e. The van der Waals surface area contributed by atoms with Gasteiger partial charge in [-0.25, -0.2) is 9.18 Å². The monoisotopic (exact) mass is 254 g/mol. The summed E-state index contributed by atoms with van der Waals surface area (Å²) in [4.78, 5) is 10.9. The van der Waals surface area contributed by atoms with Gasteiger partial charge in [-0.15, -0.1) is 0 Å². The Bertz CT molecular complexity index is 651. The third-order valence-corrected chi connectivity index (χ3v) is 2.58. The van der Waals surface area contributed by atoms with E-state index < -0.39 is 0 Å². The number of phenols is 1. The summed E-state index contributed by atoms with van der Waals surface area (Å²) >= 11 is 0. The van der Waals surface area contributed by atoms with Gasteiger partial charge in [-0.3, -0.25) is 0 Å². The molecule has 0 heterocycles. The Morgan fingerprint density at radius 1 is 1.16 bits per heavy atom. The lowest BCUT2D eigenvalue weighted by Gasteiger charge is -1.98. The van der Waals surface area contributed by atoms with Gasteiger partial charge < -0.3 is 5.11 Å². The molecule has 3 heteroatoms. The molecular weight excluding hydrogens is 243 g/mol. The van der Waals surface area contributed by atoms with Gasteiger partial charge in [0.2, 0.25) is 0 Å². The number of phenolic OH excluding ortho intramolecular Hbond substituents is 1. The lowest BCUT2D eigenvalue weighted by Crippen LogP contribution is -1.83. The SMILES string of the molecule is O=C=C(/C=C/c1cccc(O)c1)c1ccc(F)cc1. The quantitative estimate of drug-likeness (QED) is 0.672. The fourth-order valence-electron chi connectivity index (χ4n) is 1.63. The maximum atomic E-state index is 12.8. The van der Waals surface area contributed by atoms with E-state index in [1.807, 2.05) is 5.94 Å². The van der Waals surface area contributed by atoms with Crippen LogP contribution in [0.2, 0.25) is 0 Å². The molecule has 0 unspecified atom stereocenters. The lowest BCUT2D eigenvalue weighted by molar-refractivity contribution is 0.475. The van der Waals surface area contributed by atoms with Crippen molar-refractivity contribution < 1.29 is 14.3 Å². The van der Waals surface area contributed by atoms with Crippen LogP contribution in [0.3, 0.4) is 0 Å². The summed E-state index contributed by atoms with van der Waals surface area (Å²) < 4.78 is 12.8. The molecule has 19 heavy (non-hydrogen) atoms. The van der Waals surface area contributed by atoms with Crippen LogP contribution >= 0.6 is 0 Å². The molecule has 0 spiro atoms. The molecule has 0 aliphatic heterocycles. The molecule has 2 aromatic rings. The molecule has 0 aromatic heterocycles. The first-order chi connectivity index (χ1) is 9.19. The number of carbonyl (C=O) groups excluding carboxylic acids is 1. The van der Waals surface area contributed by atoms with Crippen molar-refractivity contribution in [2.75, 3.05) is 0 Å². The van der Waals surface area contributed by atoms with Crippen molar-refractivity contribution in [1.82, 2.24) is 0 Å². The Morgan fingerprint density at radius 3 is 2.53 bits per heavy atom. The summed E-state index contributed by atoms with van der Waals surface area (Å²) in [6.45, 7) is 0. The average molecular weight is 254 g/mol. The first-order valence-corrected chi connectivity index (χ1v) is 5.67. The molecule has 0 bridgehead atoms. The van der Waals surface area contributed by atoms with Gasteiger partial charge in [0, 0.05) is 0 Å². The summed E-state index contributed by atoms with van der Waals surface area (Å²) in [7, 11) is 0. The van der Waals surface area contributed by atoms with Crippen LogP contribution in [0.15, 0.2) is 54.6 Å². The van der Waals surface area contributed by atoms with E-state index in [9.17, 15) is 14.3 Å². The zero-order valence-corrected chi connectivity index (χ0v) is 10.0. The highest BCUT2D eigenvalue weighted by molar-refractivity contribution is 5.95. The molecule has 0 saturated carbocycles. The Morgan fingerprint density at radius 2 is 1.89 bits per heavy atom. The summed E-state index contributed by atoms with van der Waals surface area (Å²) in [5.41, 5.74) is 1.67. The van der Waals surface area contributed by atoms with Gasteiger partial charge in [0.1, 0.15) is 17.5 Å². The van der Waals surface area contributed by atoms with Crippen LogP contribution in [0.5, 0.6) is 5.75 Å². The van der Waals surface area contributed by atoms with Gasteiger partial charge in [-0.2, -0.15) is 0 Å². The second kappa shape index (κ2) is 5.80. The predicted molar refractivity (Wildman–Crippen MR) is 72.6 cm³/mol. The first-order valence-electron chi connectivity index (χ1n) is 5.67. The van der Waals surface area contributed by atoms with Gasteiger partial charge in [0.25, 0.3) is 0 Å². The molecule has 2 rings (SSSR count). The van der Waals surface area contributed by atoms with Crippen LogP contribution in [0, 0.1) is 5.82 Å². The lowest BCUT2D eigenvalue weighted by atomic mass is 10.1. The average Bonchev–Trinajstić information content (AvgIpc) is 2.41. The van der Waals surface area contributed by atoms with Crippen LogP contribution in [0.4, 0.5) is 4.39 Å². The molecule has 2 nitrogen and oxygen atoms in total. The highest BCUT2D eigenvalue weighted by Gasteiger charge is 1.99. The molecule has 1 N–H and O–H groups in total. The minimum absolute atomic E-state index is 0.153. The van der Waals surface area contributed by atoms with E-state index in [0.717, 1.165) is 5.56 Å². The zero-order valence-electron chi connectivity index (χ0n) is 10.0. The molecule has 0 aliphatic rings. The molecule has 0 saturated heterocycles. The van der Waals surface area contributed by atoms with Crippen LogP contribution in [-0.4, -0.2) is 11.0 Å². The van der Waals surface area contributed by atoms with E-state index in [0.29, 0.717) is 11.1 Å². The molecule has 0 fully saturated rings. The topological polar surface area (TPSA) is 37.3 Å². The smallest absolute Gasteiger partial charge is 0.133 e. The van der Waals surface area contributed by atoms with Crippen LogP contribution in [0.25, 0.3) is 11.6 Å². The van der Waals surface area contributed by atoms with Crippen molar-refractivity contribution in [2.45, 2.75) is 0 Å². The summed E-state index contributed by atoms with van der Waals surface area (Å²) in [6.07, 6.45) is 3.26. The fourth-order valence-corrected chi connectivity index (χ4v) is 1.63. The molecule has 0 atom stereocenters. The van der Waals surface area contributed by atoms with Crippen LogP contribution < -0.4 is 0 Å². The number of halogens is 1. The Balaban J connectivity index is 2.25. The summed E-state index contributed by atoms with van der Waals surface area (Å²) in [5, 5.41) is 9.32. The first kappa shape index (κ1) is 12.8. The molecule has 0 radical (unpaired) electrons. The molecule has 2 aromatic carbocycles. The zero-order chi connectivity index (χ0) is 13.7. The maximum absolute atomic E-state index is 12.8. The standard InChI is InChI=1S/C16H11FO2/c17-15-8-6-13(7-9-15)14(11-18)5-4-12-2-1-3-16(19)10-12/h1-10,19H/b5-4+. The number of hydrogen-bond donors (Lipinski definition) is 1. The second-order valence-electron chi connectivity index (χ2n) is 3.95. The minimum atomic E-state index is -0.356. The third-order valence-electron chi connectivity index (χ3n) is 2.58. The van der Waals surface area contributed by atoms with Gasteiger partial charge in [0.15, 0.2) is 0 Å². The van der Waals surface area contributed by atoms with Crippen molar-refractivity contribution in [3.63, 3.8) is 0 Å². The predicted octanol–water partition coefficient (Wildman–Crippen LogP) is 3.46. The maximum Gasteiger partial charge on any atom is 0.133 e. The second-order valence-corrected chi connectivity index (χ2v) is 3.95. The fraction of sp³-hybridized carbons (Fsp3) is 0. The summed E-state index contributed by atoms with van der Waals surface area (Å²) in [5.74, 6) is 1.62.